The Labute approximate surface area is 153 Å². The molecule has 4 rings (SSSR count). The second-order valence-electron chi connectivity index (χ2n) is 5.74. The summed E-state index contributed by atoms with van der Waals surface area (Å²) in [5.74, 6) is 1.73. The fourth-order valence-corrected chi connectivity index (χ4v) is 2.94. The van der Waals surface area contributed by atoms with Crippen molar-refractivity contribution in [2.45, 2.75) is 6.92 Å². The van der Waals surface area contributed by atoms with Crippen molar-refractivity contribution in [2.75, 3.05) is 30.8 Å². The zero-order valence-electron chi connectivity index (χ0n) is 14.1. The predicted molar refractivity (Wildman–Crippen MR) is 97.6 cm³/mol. The first-order valence-corrected chi connectivity index (χ1v) is 8.36. The van der Waals surface area contributed by atoms with Crippen LogP contribution in [0, 0.1) is 6.92 Å². The Balaban J connectivity index is 1.91. The lowest BCUT2D eigenvalue weighted by atomic mass is 10.3. The average molecular weight is 374 g/mol. The number of pyridine rings is 1. The zero-order chi connectivity index (χ0) is 18.3. The van der Waals surface area contributed by atoms with Crippen LogP contribution in [0.3, 0.4) is 0 Å². The molecule has 4 bridgehead atoms. The highest BCUT2D eigenvalue weighted by molar-refractivity contribution is 6.33. The molecule has 0 fully saturated rings. The molecule has 0 aliphatic carbocycles. The first kappa shape index (κ1) is 16.4. The van der Waals surface area contributed by atoms with Crippen molar-refractivity contribution in [1.82, 2.24) is 24.9 Å². The second-order valence-corrected chi connectivity index (χ2v) is 6.15. The van der Waals surface area contributed by atoms with Gasteiger partial charge in [-0.1, -0.05) is 11.6 Å². The van der Waals surface area contributed by atoms with Gasteiger partial charge >= 0.3 is 0 Å². The molecular weight excluding hydrogens is 358 g/mol. The molecule has 1 aliphatic heterocycles. The van der Waals surface area contributed by atoms with Crippen LogP contribution in [-0.2, 0) is 0 Å². The molecule has 4 heterocycles. The van der Waals surface area contributed by atoms with Gasteiger partial charge in [0.05, 0.1) is 17.8 Å². The van der Waals surface area contributed by atoms with Crippen molar-refractivity contribution in [3.05, 3.63) is 34.5 Å². The molecule has 0 spiro atoms. The van der Waals surface area contributed by atoms with Crippen LogP contribution >= 0.6 is 11.6 Å². The summed E-state index contributed by atoms with van der Waals surface area (Å²) < 4.78 is 7.24. The number of nitrogens with zero attached hydrogens (tertiary/aromatic N) is 4. The number of carbonyl (C=O) groups excluding carboxylic acids is 1. The van der Waals surface area contributed by atoms with E-state index in [-0.39, 0.29) is 12.5 Å². The maximum absolute atomic E-state index is 12.5. The lowest BCUT2D eigenvalue weighted by Gasteiger charge is -2.13. The van der Waals surface area contributed by atoms with E-state index in [1.54, 1.807) is 23.7 Å². The van der Waals surface area contributed by atoms with E-state index in [9.17, 15) is 4.79 Å². The van der Waals surface area contributed by atoms with Crippen LogP contribution < -0.4 is 20.7 Å². The van der Waals surface area contributed by atoms with Crippen LogP contribution in [0.25, 0.3) is 5.65 Å². The smallest absolute Gasteiger partial charge is 0.256 e. The van der Waals surface area contributed by atoms with Gasteiger partial charge in [-0.05, 0) is 13.0 Å². The molecule has 0 atom stereocenters. The minimum Gasteiger partial charge on any atom is -0.476 e. The van der Waals surface area contributed by atoms with Gasteiger partial charge in [0.1, 0.15) is 23.8 Å². The summed E-state index contributed by atoms with van der Waals surface area (Å²) in [5, 5.41) is 13.6. The number of carbonyl (C=O) groups is 1. The Morgan fingerprint density at radius 2 is 2.19 bits per heavy atom. The van der Waals surface area contributed by atoms with Gasteiger partial charge in [0.25, 0.3) is 5.91 Å². The highest BCUT2D eigenvalue weighted by Crippen LogP contribution is 2.30. The summed E-state index contributed by atoms with van der Waals surface area (Å²) in [4.78, 5) is 21.4. The number of amides is 1. The summed E-state index contributed by atoms with van der Waals surface area (Å²) in [6.07, 6.45) is 1.48. The van der Waals surface area contributed by atoms with Gasteiger partial charge < -0.3 is 20.7 Å². The van der Waals surface area contributed by atoms with Crippen LogP contribution in [0.4, 0.5) is 17.5 Å². The summed E-state index contributed by atoms with van der Waals surface area (Å²) in [6.45, 7) is 2.45. The lowest BCUT2D eigenvalue weighted by molar-refractivity contribution is 0.0948. The maximum atomic E-state index is 12.5. The number of nitrogens with one attached hydrogen (secondary N) is 3. The van der Waals surface area contributed by atoms with Crippen molar-refractivity contribution in [1.29, 1.82) is 0 Å². The van der Waals surface area contributed by atoms with Crippen molar-refractivity contribution in [3.8, 4) is 5.88 Å². The fourth-order valence-electron chi connectivity index (χ4n) is 2.69. The van der Waals surface area contributed by atoms with E-state index < -0.39 is 0 Å². The number of hydrogen-bond acceptors (Lipinski definition) is 7. The van der Waals surface area contributed by atoms with Crippen molar-refractivity contribution < 1.29 is 9.53 Å². The number of aryl methyl sites for hydroxylation is 1. The minimum atomic E-state index is -0.274. The molecule has 0 radical (unpaired) electrons. The summed E-state index contributed by atoms with van der Waals surface area (Å²) >= 11 is 6.32. The molecule has 0 aromatic carbocycles. The number of halogens is 1. The Bertz CT molecular complexity index is 1020. The first-order valence-electron chi connectivity index (χ1n) is 7.98. The average Bonchev–Trinajstić information content (AvgIpc) is 3.04. The van der Waals surface area contributed by atoms with Crippen molar-refractivity contribution >= 4 is 40.6 Å². The SMILES string of the molecule is CNc1cc2nc3c(cnn13)C(=O)NCCOc1nc(c(Cl)cc1C)N2. The van der Waals surface area contributed by atoms with Crippen LogP contribution in [0.15, 0.2) is 18.3 Å². The Morgan fingerprint density at radius 3 is 3.00 bits per heavy atom. The standard InChI is InChI=1S/C16H16ClN7O2/c1-8-5-10(17)13-21-11-6-12(18-2)24-14(22-11)9(7-20-24)15(25)19-3-4-26-16(8)23-13/h5-7,18H,3-4H2,1-2H3,(H,19,25)(H,21,22,23). The van der Waals surface area contributed by atoms with Gasteiger partial charge in [-0.15, -0.1) is 0 Å². The molecule has 1 aliphatic rings. The van der Waals surface area contributed by atoms with Gasteiger partial charge in [-0.3, -0.25) is 4.79 Å². The third-order valence-corrected chi connectivity index (χ3v) is 4.25. The first-order chi connectivity index (χ1) is 12.6. The number of ether oxygens (including phenoxy) is 1. The van der Waals surface area contributed by atoms with E-state index in [2.05, 4.69) is 31.0 Å². The molecule has 0 saturated carbocycles. The van der Waals surface area contributed by atoms with Gasteiger partial charge in [-0.25, -0.2) is 4.98 Å². The van der Waals surface area contributed by atoms with Gasteiger partial charge in [0, 0.05) is 18.7 Å². The maximum Gasteiger partial charge on any atom is 0.256 e. The molecule has 10 heteroatoms. The van der Waals surface area contributed by atoms with Crippen molar-refractivity contribution in [3.63, 3.8) is 0 Å². The molecule has 9 nitrogen and oxygen atoms in total. The van der Waals surface area contributed by atoms with Crippen LogP contribution in [0.5, 0.6) is 5.88 Å². The Morgan fingerprint density at radius 1 is 1.35 bits per heavy atom. The number of rotatable bonds is 1. The zero-order valence-corrected chi connectivity index (χ0v) is 14.9. The molecule has 1 amide bonds. The number of aromatic nitrogens is 4. The quantitative estimate of drug-likeness (QED) is 0.599. The van der Waals surface area contributed by atoms with Crippen LogP contribution in [-0.4, -0.2) is 45.7 Å². The highest BCUT2D eigenvalue weighted by atomic mass is 35.5. The Hall–Kier alpha value is -3.07. The van der Waals surface area contributed by atoms with E-state index >= 15 is 0 Å². The molecule has 26 heavy (non-hydrogen) atoms. The minimum absolute atomic E-state index is 0.274. The molecular formula is C16H16ClN7O2. The van der Waals surface area contributed by atoms with E-state index in [4.69, 9.17) is 16.3 Å². The Kier molecular flexibility index (Phi) is 4.00. The van der Waals surface area contributed by atoms with E-state index in [1.165, 1.54) is 6.20 Å². The normalized spacial score (nSPS) is 13.9. The largest absolute Gasteiger partial charge is 0.476 e. The molecule has 0 saturated heterocycles. The monoisotopic (exact) mass is 373 g/mol. The highest BCUT2D eigenvalue weighted by Gasteiger charge is 2.18. The number of hydrogen-bond donors (Lipinski definition) is 3. The van der Waals surface area contributed by atoms with Crippen molar-refractivity contribution in [2.24, 2.45) is 0 Å². The van der Waals surface area contributed by atoms with Gasteiger partial charge in [0.15, 0.2) is 11.5 Å². The van der Waals surface area contributed by atoms with Crippen LogP contribution in [0.1, 0.15) is 15.9 Å². The predicted octanol–water partition coefficient (Wildman–Crippen LogP) is 1.99. The third kappa shape index (κ3) is 2.76. The van der Waals surface area contributed by atoms with Gasteiger partial charge in [0.2, 0.25) is 5.88 Å². The van der Waals surface area contributed by atoms with E-state index in [1.807, 2.05) is 6.92 Å². The molecule has 3 N–H and O–H groups in total. The molecule has 3 aromatic rings. The summed E-state index contributed by atoms with van der Waals surface area (Å²) in [7, 11) is 1.76. The third-order valence-electron chi connectivity index (χ3n) is 3.97. The summed E-state index contributed by atoms with van der Waals surface area (Å²) in [6, 6.07) is 3.52. The molecule has 3 aromatic heterocycles. The fraction of sp³-hybridized carbons (Fsp3) is 0.250. The second kappa shape index (κ2) is 6.34. The topological polar surface area (TPSA) is 105 Å². The van der Waals surface area contributed by atoms with E-state index in [0.29, 0.717) is 46.1 Å². The van der Waals surface area contributed by atoms with E-state index in [0.717, 1.165) is 5.56 Å². The van der Waals surface area contributed by atoms with Crippen LogP contribution in [0.2, 0.25) is 5.02 Å². The molecule has 134 valence electrons. The summed E-state index contributed by atoms with van der Waals surface area (Å²) in [5.41, 5.74) is 1.59. The number of anilines is 3. The molecule has 0 unspecified atom stereocenters. The lowest BCUT2D eigenvalue weighted by Crippen LogP contribution is -2.28. The number of fused-ring (bicyclic) bond motifs is 3. The van der Waals surface area contributed by atoms with Gasteiger partial charge in [-0.2, -0.15) is 14.6 Å².